The van der Waals surface area contributed by atoms with E-state index in [2.05, 4.69) is 22.0 Å². The largest absolute Gasteiger partial charge is 0.497 e. The zero-order chi connectivity index (χ0) is 21.6. The first-order valence-electron chi connectivity index (χ1n) is 10.4. The number of ether oxygens (including phenoxy) is 1. The molecule has 7 heteroatoms. The van der Waals surface area contributed by atoms with Gasteiger partial charge in [-0.25, -0.2) is 4.98 Å². The Kier molecular flexibility index (Phi) is 7.22. The lowest BCUT2D eigenvalue weighted by Crippen LogP contribution is -2.49. The first kappa shape index (κ1) is 21.8. The molecule has 1 aromatic heterocycles. The molecule has 2 heterocycles. The lowest BCUT2D eigenvalue weighted by atomic mass is 10.1. The van der Waals surface area contributed by atoms with E-state index in [1.807, 2.05) is 46.7 Å². The number of benzene rings is 2. The number of thiazole rings is 1. The van der Waals surface area contributed by atoms with Crippen molar-refractivity contribution in [3.63, 3.8) is 0 Å². The minimum absolute atomic E-state index is 0.144. The Morgan fingerprint density at radius 2 is 1.84 bits per heavy atom. The second-order valence-electron chi connectivity index (χ2n) is 7.62. The average molecular weight is 456 g/mol. The zero-order valence-corrected chi connectivity index (χ0v) is 19.2. The standard InChI is InChI=1S/C24H26ClN3O2S/c1-30-20-8-6-18(7-9-20)10-11-27-12-14-28(15-13-27)23(29)16-19-17-31-24(26-19)21-4-2-3-5-22(21)25/h2-9,17H,10-16H2,1H3. The highest BCUT2D eigenvalue weighted by atomic mass is 35.5. The van der Waals surface area contributed by atoms with Gasteiger partial charge >= 0.3 is 0 Å². The Balaban J connectivity index is 1.24. The van der Waals surface area contributed by atoms with E-state index in [-0.39, 0.29) is 5.91 Å². The van der Waals surface area contributed by atoms with Crippen LogP contribution >= 0.6 is 22.9 Å². The van der Waals surface area contributed by atoms with E-state index in [1.54, 1.807) is 7.11 Å². The molecule has 0 bridgehead atoms. The highest BCUT2D eigenvalue weighted by Gasteiger charge is 2.22. The third-order valence-electron chi connectivity index (χ3n) is 5.59. The van der Waals surface area contributed by atoms with E-state index >= 15 is 0 Å². The fourth-order valence-electron chi connectivity index (χ4n) is 3.71. The molecule has 1 amide bonds. The van der Waals surface area contributed by atoms with Crippen molar-refractivity contribution in [3.05, 3.63) is 70.2 Å². The second kappa shape index (κ2) is 10.3. The molecule has 0 aliphatic carbocycles. The maximum Gasteiger partial charge on any atom is 0.228 e. The van der Waals surface area contributed by atoms with Crippen molar-refractivity contribution >= 4 is 28.8 Å². The van der Waals surface area contributed by atoms with Crippen molar-refractivity contribution in [2.24, 2.45) is 0 Å². The normalized spacial score (nSPS) is 14.6. The van der Waals surface area contributed by atoms with Gasteiger partial charge in [0.15, 0.2) is 0 Å². The molecule has 0 unspecified atom stereocenters. The van der Waals surface area contributed by atoms with Gasteiger partial charge in [-0.05, 0) is 30.2 Å². The summed E-state index contributed by atoms with van der Waals surface area (Å²) in [4.78, 5) is 21.8. The molecule has 1 saturated heterocycles. The number of nitrogens with zero attached hydrogens (tertiary/aromatic N) is 3. The van der Waals surface area contributed by atoms with E-state index in [0.29, 0.717) is 11.4 Å². The summed E-state index contributed by atoms with van der Waals surface area (Å²) < 4.78 is 5.21. The lowest BCUT2D eigenvalue weighted by Gasteiger charge is -2.34. The molecule has 1 fully saturated rings. The fraction of sp³-hybridized carbons (Fsp3) is 0.333. The monoisotopic (exact) mass is 455 g/mol. The van der Waals surface area contributed by atoms with E-state index < -0.39 is 0 Å². The number of carbonyl (C=O) groups excluding carboxylic acids is 1. The molecule has 0 N–H and O–H groups in total. The van der Waals surface area contributed by atoms with Crippen molar-refractivity contribution in [3.8, 4) is 16.3 Å². The van der Waals surface area contributed by atoms with Crippen LogP contribution in [-0.4, -0.2) is 60.5 Å². The molecular formula is C24H26ClN3O2S. The van der Waals surface area contributed by atoms with Crippen LogP contribution in [0.1, 0.15) is 11.3 Å². The highest BCUT2D eigenvalue weighted by molar-refractivity contribution is 7.13. The van der Waals surface area contributed by atoms with Crippen LogP contribution in [0.15, 0.2) is 53.9 Å². The van der Waals surface area contributed by atoms with Crippen molar-refractivity contribution in [2.45, 2.75) is 12.8 Å². The Bertz CT molecular complexity index is 1010. The number of halogens is 1. The first-order chi connectivity index (χ1) is 15.1. The van der Waals surface area contributed by atoms with Gasteiger partial charge in [0, 0.05) is 43.7 Å². The quantitative estimate of drug-likeness (QED) is 0.529. The van der Waals surface area contributed by atoms with Crippen molar-refractivity contribution in [1.29, 1.82) is 0 Å². The highest BCUT2D eigenvalue weighted by Crippen LogP contribution is 2.30. The van der Waals surface area contributed by atoms with Crippen molar-refractivity contribution in [1.82, 2.24) is 14.8 Å². The summed E-state index contributed by atoms with van der Waals surface area (Å²) in [5, 5.41) is 3.50. The van der Waals surface area contributed by atoms with Crippen LogP contribution in [0.2, 0.25) is 5.02 Å². The summed E-state index contributed by atoms with van der Waals surface area (Å²) in [5.41, 5.74) is 3.03. The molecule has 1 aliphatic heterocycles. The third-order valence-corrected chi connectivity index (χ3v) is 6.84. The van der Waals surface area contributed by atoms with Crippen LogP contribution in [0, 0.1) is 0 Å². The molecular weight excluding hydrogens is 430 g/mol. The summed E-state index contributed by atoms with van der Waals surface area (Å²) >= 11 is 7.80. The molecule has 0 radical (unpaired) electrons. The Labute approximate surface area is 192 Å². The van der Waals surface area contributed by atoms with Crippen LogP contribution < -0.4 is 4.74 Å². The fourth-order valence-corrected chi connectivity index (χ4v) is 4.85. The first-order valence-corrected chi connectivity index (χ1v) is 11.7. The van der Waals surface area contributed by atoms with E-state index in [4.69, 9.17) is 16.3 Å². The Hall–Kier alpha value is -2.41. The van der Waals surface area contributed by atoms with Gasteiger partial charge in [-0.1, -0.05) is 41.9 Å². The molecule has 1 aliphatic rings. The van der Waals surface area contributed by atoms with Gasteiger partial charge in [-0.2, -0.15) is 0 Å². The van der Waals surface area contributed by atoms with Crippen LogP contribution in [-0.2, 0) is 17.6 Å². The number of amides is 1. The minimum Gasteiger partial charge on any atom is -0.497 e. The van der Waals surface area contributed by atoms with Gasteiger partial charge in [-0.15, -0.1) is 11.3 Å². The van der Waals surface area contributed by atoms with Gasteiger partial charge in [0.25, 0.3) is 0 Å². The number of hydrogen-bond acceptors (Lipinski definition) is 5. The number of carbonyl (C=O) groups is 1. The Morgan fingerprint density at radius 3 is 2.55 bits per heavy atom. The summed E-state index contributed by atoms with van der Waals surface area (Å²) in [6, 6.07) is 15.9. The van der Waals surface area contributed by atoms with Crippen molar-refractivity contribution < 1.29 is 9.53 Å². The number of piperazine rings is 1. The van der Waals surface area contributed by atoms with Gasteiger partial charge < -0.3 is 9.64 Å². The molecule has 162 valence electrons. The number of rotatable bonds is 7. The van der Waals surface area contributed by atoms with Gasteiger partial charge in [0.2, 0.25) is 5.91 Å². The van der Waals surface area contributed by atoms with Gasteiger partial charge in [0.1, 0.15) is 10.8 Å². The maximum absolute atomic E-state index is 12.8. The molecule has 31 heavy (non-hydrogen) atoms. The van der Waals surface area contributed by atoms with E-state index in [0.717, 1.165) is 61.2 Å². The molecule has 0 saturated carbocycles. The summed E-state index contributed by atoms with van der Waals surface area (Å²) in [7, 11) is 1.68. The molecule has 4 rings (SSSR count). The maximum atomic E-state index is 12.8. The second-order valence-corrected chi connectivity index (χ2v) is 8.89. The van der Waals surface area contributed by atoms with Crippen LogP contribution in [0.5, 0.6) is 5.75 Å². The predicted molar refractivity (Wildman–Crippen MR) is 126 cm³/mol. The number of methoxy groups -OCH3 is 1. The molecule has 3 aromatic rings. The number of aromatic nitrogens is 1. The Morgan fingerprint density at radius 1 is 1.10 bits per heavy atom. The molecule has 0 atom stereocenters. The SMILES string of the molecule is COc1ccc(CCN2CCN(C(=O)Cc3csc(-c4ccccc4Cl)n3)CC2)cc1. The summed E-state index contributed by atoms with van der Waals surface area (Å²) in [5.74, 6) is 1.03. The van der Waals surface area contributed by atoms with Gasteiger partial charge in [0.05, 0.1) is 24.2 Å². The molecule has 0 spiro atoms. The zero-order valence-electron chi connectivity index (χ0n) is 17.6. The molecule has 5 nitrogen and oxygen atoms in total. The van der Waals surface area contributed by atoms with Crippen LogP contribution in [0.4, 0.5) is 0 Å². The predicted octanol–water partition coefficient (Wildman–Crippen LogP) is 4.40. The lowest BCUT2D eigenvalue weighted by molar-refractivity contribution is -0.132. The summed E-state index contributed by atoms with van der Waals surface area (Å²) in [6.07, 6.45) is 1.34. The topological polar surface area (TPSA) is 45.7 Å². The van der Waals surface area contributed by atoms with Gasteiger partial charge in [-0.3, -0.25) is 9.69 Å². The summed E-state index contributed by atoms with van der Waals surface area (Å²) in [6.45, 7) is 4.35. The van der Waals surface area contributed by atoms with Crippen molar-refractivity contribution in [2.75, 3.05) is 39.8 Å². The number of hydrogen-bond donors (Lipinski definition) is 0. The van der Waals surface area contributed by atoms with Crippen LogP contribution in [0.25, 0.3) is 10.6 Å². The third kappa shape index (κ3) is 5.64. The van der Waals surface area contributed by atoms with Crippen LogP contribution in [0.3, 0.4) is 0 Å². The molecule has 2 aromatic carbocycles. The average Bonchev–Trinajstić information content (AvgIpc) is 3.26. The minimum atomic E-state index is 0.144. The van der Waals surface area contributed by atoms with E-state index in [9.17, 15) is 4.79 Å². The smallest absolute Gasteiger partial charge is 0.228 e. The van der Waals surface area contributed by atoms with E-state index in [1.165, 1.54) is 16.9 Å².